The summed E-state index contributed by atoms with van der Waals surface area (Å²) in [5, 5.41) is 3.29. The maximum absolute atomic E-state index is 13.3. The monoisotopic (exact) mass is 395 g/mol. The van der Waals surface area contributed by atoms with E-state index in [-0.39, 0.29) is 5.75 Å². The molecule has 0 amide bonds. The van der Waals surface area contributed by atoms with Gasteiger partial charge < -0.3 is 15.0 Å². The van der Waals surface area contributed by atoms with E-state index in [0.717, 1.165) is 30.9 Å². The quantitative estimate of drug-likeness (QED) is 0.559. The molecule has 1 fully saturated rings. The van der Waals surface area contributed by atoms with Crippen LogP contribution in [0.5, 0.6) is 11.5 Å². The van der Waals surface area contributed by atoms with Gasteiger partial charge in [-0.05, 0) is 74.2 Å². The Balaban J connectivity index is 1.41. The minimum atomic E-state index is -0.947. The number of aromatic nitrogens is 1. The Morgan fingerprint density at radius 2 is 1.69 bits per heavy atom. The van der Waals surface area contributed by atoms with Crippen LogP contribution in [0.15, 0.2) is 54.7 Å². The van der Waals surface area contributed by atoms with Crippen LogP contribution in [0.2, 0.25) is 0 Å². The van der Waals surface area contributed by atoms with E-state index in [0.29, 0.717) is 11.6 Å². The van der Waals surface area contributed by atoms with E-state index in [2.05, 4.69) is 40.3 Å². The minimum Gasteiger partial charge on any atom is -0.456 e. The van der Waals surface area contributed by atoms with Crippen molar-refractivity contribution in [1.29, 1.82) is 0 Å². The van der Waals surface area contributed by atoms with Crippen molar-refractivity contribution in [3.05, 3.63) is 71.9 Å². The summed E-state index contributed by atoms with van der Waals surface area (Å²) in [7, 11) is 0. The Morgan fingerprint density at radius 1 is 0.897 bits per heavy atom. The van der Waals surface area contributed by atoms with Gasteiger partial charge in [0.2, 0.25) is 0 Å². The van der Waals surface area contributed by atoms with Gasteiger partial charge in [0.1, 0.15) is 17.3 Å². The topological polar surface area (TPSA) is 37.4 Å². The van der Waals surface area contributed by atoms with Crippen molar-refractivity contribution in [3.63, 3.8) is 0 Å². The first-order chi connectivity index (χ1) is 14.1. The third kappa shape index (κ3) is 4.65. The molecule has 1 aliphatic rings. The summed E-state index contributed by atoms with van der Waals surface area (Å²) >= 11 is 0. The second-order valence-corrected chi connectivity index (χ2v) is 7.23. The van der Waals surface area contributed by atoms with Gasteiger partial charge in [0, 0.05) is 30.5 Å². The summed E-state index contributed by atoms with van der Waals surface area (Å²) in [5.41, 5.74) is 3.48. The second-order valence-electron chi connectivity index (χ2n) is 7.23. The fourth-order valence-electron chi connectivity index (χ4n) is 3.56. The van der Waals surface area contributed by atoms with E-state index in [1.165, 1.54) is 36.6 Å². The molecule has 0 spiro atoms. The zero-order chi connectivity index (χ0) is 20.2. The van der Waals surface area contributed by atoms with Gasteiger partial charge in [-0.3, -0.25) is 0 Å². The molecule has 29 heavy (non-hydrogen) atoms. The summed E-state index contributed by atoms with van der Waals surface area (Å²) in [6.07, 6.45) is 5.36. The molecule has 0 saturated carbocycles. The summed E-state index contributed by atoms with van der Waals surface area (Å²) in [5.74, 6) is -0.519. The number of rotatable bonds is 5. The molecule has 0 aliphatic carbocycles. The predicted octanol–water partition coefficient (Wildman–Crippen LogP) is 6.19. The number of benzene rings is 2. The van der Waals surface area contributed by atoms with E-state index < -0.39 is 11.6 Å². The fraction of sp³-hybridized carbons (Fsp3) is 0.261. The third-order valence-electron chi connectivity index (χ3n) is 5.03. The van der Waals surface area contributed by atoms with Crippen LogP contribution in [0.3, 0.4) is 0 Å². The number of hydrogen-bond donors (Lipinski definition) is 1. The van der Waals surface area contributed by atoms with Crippen LogP contribution in [0.1, 0.15) is 24.8 Å². The van der Waals surface area contributed by atoms with Gasteiger partial charge >= 0.3 is 0 Å². The number of aryl methyl sites for hydroxylation is 1. The van der Waals surface area contributed by atoms with Crippen LogP contribution < -0.4 is 15.0 Å². The predicted molar refractivity (Wildman–Crippen MR) is 111 cm³/mol. The SMILES string of the molecule is Cc1cc(Nc2ccc(Oc3ccc(F)c(F)c3)cn2)ccc1N1CCCCC1. The molecular formula is C23H23F2N3O. The van der Waals surface area contributed by atoms with Crippen LogP contribution in [-0.2, 0) is 0 Å². The van der Waals surface area contributed by atoms with E-state index in [4.69, 9.17) is 4.74 Å². The highest BCUT2D eigenvalue weighted by atomic mass is 19.2. The second kappa shape index (κ2) is 8.47. The Bertz CT molecular complexity index is 986. The summed E-state index contributed by atoms with van der Waals surface area (Å²) in [6.45, 7) is 4.37. The van der Waals surface area contributed by atoms with E-state index in [9.17, 15) is 8.78 Å². The van der Waals surface area contributed by atoms with E-state index in [1.807, 2.05) is 0 Å². The number of nitrogens with one attached hydrogen (secondary N) is 1. The number of ether oxygens (including phenoxy) is 1. The summed E-state index contributed by atoms with van der Waals surface area (Å²) < 4.78 is 31.8. The largest absolute Gasteiger partial charge is 0.456 e. The standard InChI is InChI=1S/C23H23F2N3O/c1-16-13-17(5-9-22(16)28-11-3-2-4-12-28)27-23-10-7-19(15-26-23)29-18-6-8-20(24)21(25)14-18/h5-10,13-15H,2-4,11-12H2,1H3,(H,26,27). The molecule has 1 aromatic heterocycles. The van der Waals surface area contributed by atoms with Crippen molar-refractivity contribution in [2.24, 2.45) is 0 Å². The van der Waals surface area contributed by atoms with Crippen molar-refractivity contribution in [2.45, 2.75) is 26.2 Å². The molecule has 0 radical (unpaired) electrons. The zero-order valence-corrected chi connectivity index (χ0v) is 16.3. The number of nitrogens with zero attached hydrogens (tertiary/aromatic N) is 2. The molecule has 6 heteroatoms. The van der Waals surface area contributed by atoms with Gasteiger partial charge in [-0.1, -0.05) is 0 Å². The maximum Gasteiger partial charge on any atom is 0.162 e. The molecule has 1 saturated heterocycles. The fourth-order valence-corrected chi connectivity index (χ4v) is 3.56. The van der Waals surface area contributed by atoms with Crippen LogP contribution in [0.4, 0.5) is 26.0 Å². The normalized spacial score (nSPS) is 14.0. The van der Waals surface area contributed by atoms with Gasteiger partial charge in [0.25, 0.3) is 0 Å². The Morgan fingerprint density at radius 3 is 2.38 bits per heavy atom. The number of pyridine rings is 1. The van der Waals surface area contributed by atoms with Crippen molar-refractivity contribution >= 4 is 17.2 Å². The first-order valence-corrected chi connectivity index (χ1v) is 9.80. The first-order valence-electron chi connectivity index (χ1n) is 9.80. The maximum atomic E-state index is 13.3. The first kappa shape index (κ1) is 19.2. The van der Waals surface area contributed by atoms with E-state index >= 15 is 0 Å². The summed E-state index contributed by atoms with van der Waals surface area (Å²) in [4.78, 5) is 6.79. The lowest BCUT2D eigenvalue weighted by Gasteiger charge is -2.30. The zero-order valence-electron chi connectivity index (χ0n) is 16.3. The van der Waals surface area contributed by atoms with Gasteiger partial charge in [0.15, 0.2) is 11.6 Å². The molecule has 0 atom stereocenters. The minimum absolute atomic E-state index is 0.218. The molecule has 150 valence electrons. The number of hydrogen-bond acceptors (Lipinski definition) is 4. The lowest BCUT2D eigenvalue weighted by atomic mass is 10.1. The average Bonchev–Trinajstić information content (AvgIpc) is 2.73. The number of halogens is 2. The molecule has 0 unspecified atom stereocenters. The molecule has 4 nitrogen and oxygen atoms in total. The van der Waals surface area contributed by atoms with Crippen LogP contribution in [0, 0.1) is 18.6 Å². The van der Waals surface area contributed by atoms with Crippen molar-refractivity contribution in [1.82, 2.24) is 4.98 Å². The van der Waals surface area contributed by atoms with Crippen molar-refractivity contribution in [2.75, 3.05) is 23.3 Å². The third-order valence-corrected chi connectivity index (χ3v) is 5.03. The van der Waals surface area contributed by atoms with Gasteiger partial charge in [-0.15, -0.1) is 0 Å². The molecule has 0 bridgehead atoms. The molecule has 3 aromatic rings. The molecular weight excluding hydrogens is 372 g/mol. The van der Waals surface area contributed by atoms with Crippen LogP contribution in [-0.4, -0.2) is 18.1 Å². The highest BCUT2D eigenvalue weighted by Crippen LogP contribution is 2.28. The number of piperidine rings is 1. The van der Waals surface area contributed by atoms with Crippen molar-refractivity contribution in [3.8, 4) is 11.5 Å². The van der Waals surface area contributed by atoms with E-state index in [1.54, 1.807) is 18.3 Å². The Labute approximate surface area is 169 Å². The van der Waals surface area contributed by atoms with Crippen molar-refractivity contribution < 1.29 is 13.5 Å². The Kier molecular flexibility index (Phi) is 5.60. The molecule has 4 rings (SSSR count). The Hall–Kier alpha value is -3.15. The summed E-state index contributed by atoms with van der Waals surface area (Å²) in [6, 6.07) is 13.3. The highest BCUT2D eigenvalue weighted by molar-refractivity contribution is 5.64. The average molecular weight is 395 g/mol. The lowest BCUT2D eigenvalue weighted by molar-refractivity contribution is 0.460. The smallest absolute Gasteiger partial charge is 0.162 e. The molecule has 1 aliphatic heterocycles. The lowest BCUT2D eigenvalue weighted by Crippen LogP contribution is -2.29. The van der Waals surface area contributed by atoms with Gasteiger partial charge in [0.05, 0.1) is 6.20 Å². The van der Waals surface area contributed by atoms with Gasteiger partial charge in [-0.25, -0.2) is 13.8 Å². The van der Waals surface area contributed by atoms with Crippen LogP contribution >= 0.6 is 0 Å². The molecule has 2 aromatic carbocycles. The number of anilines is 3. The molecule has 1 N–H and O–H groups in total. The molecule has 2 heterocycles. The van der Waals surface area contributed by atoms with Gasteiger partial charge in [-0.2, -0.15) is 0 Å². The highest BCUT2D eigenvalue weighted by Gasteiger charge is 2.13. The van der Waals surface area contributed by atoms with Crippen LogP contribution in [0.25, 0.3) is 0 Å².